The molecular weight excluding hydrogens is 376 g/mol. The summed E-state index contributed by atoms with van der Waals surface area (Å²) in [5.41, 5.74) is 1.10. The van der Waals surface area contributed by atoms with Crippen molar-refractivity contribution in [3.05, 3.63) is 70.6 Å². The number of aromatic nitrogens is 2. The number of rotatable bonds is 4. The minimum absolute atomic E-state index is 0.00475. The lowest BCUT2D eigenvalue weighted by molar-refractivity contribution is -0.130. The minimum atomic E-state index is -0.579. The van der Waals surface area contributed by atoms with Gasteiger partial charge in [-0.3, -0.25) is 4.79 Å². The van der Waals surface area contributed by atoms with Crippen molar-refractivity contribution in [2.45, 2.75) is 25.4 Å². The molecule has 1 unspecified atom stereocenters. The first-order chi connectivity index (χ1) is 13.0. The molecule has 0 radical (unpaired) electrons. The van der Waals surface area contributed by atoms with E-state index < -0.39 is 11.9 Å². The third kappa shape index (κ3) is 3.55. The third-order valence-electron chi connectivity index (χ3n) is 4.47. The van der Waals surface area contributed by atoms with Gasteiger partial charge in [0.25, 0.3) is 0 Å². The summed E-state index contributed by atoms with van der Waals surface area (Å²) in [4.78, 5) is 18.2. The van der Waals surface area contributed by atoms with Gasteiger partial charge in [-0.05, 0) is 42.3 Å². The molecule has 4 rings (SSSR count). The molecule has 1 aromatic heterocycles. The van der Waals surface area contributed by atoms with E-state index in [4.69, 9.17) is 16.1 Å². The number of hydrogen-bond acceptors (Lipinski definition) is 4. The van der Waals surface area contributed by atoms with E-state index in [0.29, 0.717) is 24.0 Å². The molecule has 1 aliphatic rings. The van der Waals surface area contributed by atoms with Crippen molar-refractivity contribution in [2.75, 3.05) is 0 Å². The van der Waals surface area contributed by atoms with Crippen LogP contribution in [-0.4, -0.2) is 20.9 Å². The molecule has 1 aliphatic heterocycles. The molecule has 0 spiro atoms. The summed E-state index contributed by atoms with van der Waals surface area (Å²) < 4.78 is 32.4. The van der Waals surface area contributed by atoms with E-state index in [0.717, 1.165) is 0 Å². The van der Waals surface area contributed by atoms with Crippen molar-refractivity contribution in [2.24, 2.45) is 0 Å². The molecule has 138 valence electrons. The minimum Gasteiger partial charge on any atom is -0.337 e. The Morgan fingerprint density at radius 3 is 2.85 bits per heavy atom. The summed E-state index contributed by atoms with van der Waals surface area (Å²) in [5.74, 6) is -0.528. The van der Waals surface area contributed by atoms with E-state index in [1.54, 1.807) is 23.1 Å². The van der Waals surface area contributed by atoms with Crippen molar-refractivity contribution in [1.29, 1.82) is 0 Å². The predicted molar refractivity (Wildman–Crippen MR) is 93.6 cm³/mol. The van der Waals surface area contributed by atoms with Crippen LogP contribution in [0.5, 0.6) is 0 Å². The van der Waals surface area contributed by atoms with Gasteiger partial charge in [0.2, 0.25) is 17.6 Å². The second-order valence-electron chi connectivity index (χ2n) is 6.29. The number of halogens is 3. The highest BCUT2D eigenvalue weighted by atomic mass is 35.5. The fourth-order valence-corrected chi connectivity index (χ4v) is 3.26. The van der Waals surface area contributed by atoms with E-state index in [1.165, 1.54) is 24.3 Å². The molecule has 8 heteroatoms. The predicted octanol–water partition coefficient (Wildman–Crippen LogP) is 4.53. The molecule has 0 saturated carbocycles. The smallest absolute Gasteiger partial charge is 0.249 e. The Morgan fingerprint density at radius 1 is 1.22 bits per heavy atom. The van der Waals surface area contributed by atoms with Crippen LogP contribution < -0.4 is 0 Å². The number of carbonyl (C=O) groups is 1. The Hall–Kier alpha value is -2.80. The Morgan fingerprint density at radius 2 is 2.07 bits per heavy atom. The zero-order valence-electron chi connectivity index (χ0n) is 14.0. The molecule has 0 bridgehead atoms. The topological polar surface area (TPSA) is 59.2 Å². The lowest BCUT2D eigenvalue weighted by atomic mass is 10.1. The molecule has 3 aromatic rings. The Bertz CT molecular complexity index is 1010. The van der Waals surface area contributed by atoms with Crippen LogP contribution in [0.15, 0.2) is 47.0 Å². The van der Waals surface area contributed by atoms with Gasteiger partial charge in [0, 0.05) is 18.5 Å². The maximum Gasteiger partial charge on any atom is 0.249 e. The summed E-state index contributed by atoms with van der Waals surface area (Å²) in [6.45, 7) is 0.245. The van der Waals surface area contributed by atoms with Gasteiger partial charge < -0.3 is 9.42 Å². The molecule has 5 nitrogen and oxygen atoms in total. The summed E-state index contributed by atoms with van der Waals surface area (Å²) >= 11 is 5.69. The number of benzene rings is 2. The van der Waals surface area contributed by atoms with Crippen LogP contribution in [0.1, 0.15) is 30.3 Å². The third-order valence-corrected chi connectivity index (χ3v) is 4.78. The molecule has 2 heterocycles. The average molecular weight is 390 g/mol. The van der Waals surface area contributed by atoms with Gasteiger partial charge in [0.1, 0.15) is 17.7 Å². The molecule has 0 N–H and O–H groups in total. The Kier molecular flexibility index (Phi) is 4.61. The van der Waals surface area contributed by atoms with Crippen molar-refractivity contribution < 1.29 is 18.1 Å². The van der Waals surface area contributed by atoms with E-state index in [1.807, 2.05) is 0 Å². The van der Waals surface area contributed by atoms with Gasteiger partial charge in [-0.2, -0.15) is 4.98 Å². The van der Waals surface area contributed by atoms with E-state index in [2.05, 4.69) is 10.1 Å². The Balaban J connectivity index is 1.59. The first-order valence-electron chi connectivity index (χ1n) is 8.34. The van der Waals surface area contributed by atoms with Gasteiger partial charge in [0.05, 0.1) is 5.02 Å². The molecular formula is C19H14ClF2N3O2. The fourth-order valence-electron chi connectivity index (χ4n) is 3.14. The number of nitrogens with zero attached hydrogens (tertiary/aromatic N) is 3. The zero-order valence-corrected chi connectivity index (χ0v) is 14.8. The van der Waals surface area contributed by atoms with Crippen LogP contribution >= 0.6 is 11.6 Å². The highest BCUT2D eigenvalue weighted by Gasteiger charge is 2.36. The normalized spacial score (nSPS) is 16.9. The van der Waals surface area contributed by atoms with E-state index in [9.17, 15) is 13.6 Å². The molecule has 0 aliphatic carbocycles. The lowest BCUT2D eigenvalue weighted by Crippen LogP contribution is -2.27. The molecule has 1 atom stereocenters. The summed E-state index contributed by atoms with van der Waals surface area (Å²) in [5, 5.41) is 3.89. The van der Waals surface area contributed by atoms with E-state index in [-0.39, 0.29) is 35.0 Å². The summed E-state index contributed by atoms with van der Waals surface area (Å²) in [7, 11) is 0. The second kappa shape index (κ2) is 7.08. The highest BCUT2D eigenvalue weighted by Crippen LogP contribution is 2.34. The molecule has 1 amide bonds. The first kappa shape index (κ1) is 17.6. The van der Waals surface area contributed by atoms with Crippen molar-refractivity contribution in [3.8, 4) is 11.4 Å². The van der Waals surface area contributed by atoms with Crippen molar-refractivity contribution in [3.63, 3.8) is 0 Å². The standard InChI is InChI=1S/C19H14ClF2N3O2/c20-14-5-4-12(9-15(14)22)18-23-19(27-24-18)16-6-7-17(26)25(16)10-11-2-1-3-13(21)8-11/h1-5,8-9,16H,6-7,10H2. The van der Waals surface area contributed by atoms with Gasteiger partial charge in [-0.1, -0.05) is 28.9 Å². The average Bonchev–Trinajstić information content (AvgIpc) is 3.25. The number of hydrogen-bond donors (Lipinski definition) is 0. The quantitative estimate of drug-likeness (QED) is 0.657. The molecule has 27 heavy (non-hydrogen) atoms. The van der Waals surface area contributed by atoms with Crippen LogP contribution in [0.25, 0.3) is 11.4 Å². The van der Waals surface area contributed by atoms with Crippen LogP contribution in [0.4, 0.5) is 8.78 Å². The zero-order chi connectivity index (χ0) is 19.0. The monoisotopic (exact) mass is 389 g/mol. The van der Waals surface area contributed by atoms with Crippen LogP contribution in [0.2, 0.25) is 5.02 Å². The van der Waals surface area contributed by atoms with Crippen molar-refractivity contribution >= 4 is 17.5 Å². The van der Waals surface area contributed by atoms with Crippen LogP contribution in [-0.2, 0) is 11.3 Å². The maximum atomic E-state index is 13.7. The highest BCUT2D eigenvalue weighted by molar-refractivity contribution is 6.30. The number of amides is 1. The summed E-state index contributed by atoms with van der Waals surface area (Å²) in [6, 6.07) is 9.91. The van der Waals surface area contributed by atoms with Gasteiger partial charge in [-0.15, -0.1) is 0 Å². The second-order valence-corrected chi connectivity index (χ2v) is 6.70. The lowest BCUT2D eigenvalue weighted by Gasteiger charge is -2.22. The number of likely N-dealkylation sites (tertiary alicyclic amines) is 1. The van der Waals surface area contributed by atoms with Crippen molar-refractivity contribution in [1.82, 2.24) is 15.0 Å². The van der Waals surface area contributed by atoms with Crippen LogP contribution in [0, 0.1) is 11.6 Å². The largest absolute Gasteiger partial charge is 0.337 e. The van der Waals surface area contributed by atoms with E-state index >= 15 is 0 Å². The van der Waals surface area contributed by atoms with Gasteiger partial charge in [0.15, 0.2) is 0 Å². The molecule has 1 saturated heterocycles. The van der Waals surface area contributed by atoms with Gasteiger partial charge in [-0.25, -0.2) is 8.78 Å². The SMILES string of the molecule is O=C1CCC(c2nc(-c3ccc(Cl)c(F)c3)no2)N1Cc1cccc(F)c1. The Labute approximate surface area is 158 Å². The summed E-state index contributed by atoms with van der Waals surface area (Å²) in [6.07, 6.45) is 0.859. The fraction of sp³-hybridized carbons (Fsp3) is 0.211. The van der Waals surface area contributed by atoms with Crippen LogP contribution in [0.3, 0.4) is 0 Å². The molecule has 1 fully saturated rings. The number of carbonyl (C=O) groups excluding carboxylic acids is 1. The molecule has 2 aromatic carbocycles. The maximum absolute atomic E-state index is 13.7. The van der Waals surface area contributed by atoms with Gasteiger partial charge >= 0.3 is 0 Å². The first-order valence-corrected chi connectivity index (χ1v) is 8.72.